The zero-order valence-corrected chi connectivity index (χ0v) is 9.92. The van der Waals surface area contributed by atoms with E-state index in [4.69, 9.17) is 9.84 Å². The topological polar surface area (TPSA) is 83.8 Å². The molecule has 2 atom stereocenters. The first-order chi connectivity index (χ1) is 8.56. The molecule has 5 heteroatoms. The molecule has 0 unspecified atom stereocenters. The molecule has 0 radical (unpaired) electrons. The first kappa shape index (κ1) is 12.4. The maximum Gasteiger partial charge on any atom is 0.312 e. The minimum Gasteiger partial charge on any atom is -0.496 e. The van der Waals surface area contributed by atoms with E-state index in [1.165, 1.54) is 7.11 Å². The Morgan fingerprint density at radius 2 is 2.00 bits per heavy atom. The van der Waals surface area contributed by atoms with Crippen molar-refractivity contribution in [3.05, 3.63) is 29.3 Å². The molecular formula is C13H14O5. The molecule has 18 heavy (non-hydrogen) atoms. The standard InChI is InChI=1S/C13H14O5/c1-18-9-4-2-3-7-5-6-8(12(14)15)11(10(7)9)13(16)17/h2-4,8,11H,5-6H2,1H3,(H,14,15)(H,16,17)/t8-,11-/m0/s1. The Bertz CT molecular complexity index is 480. The van der Waals surface area contributed by atoms with Gasteiger partial charge in [0, 0.05) is 5.56 Å². The molecule has 2 rings (SSSR count). The van der Waals surface area contributed by atoms with Crippen molar-refractivity contribution in [2.24, 2.45) is 5.92 Å². The number of aryl methyl sites for hydroxylation is 1. The van der Waals surface area contributed by atoms with Crippen LogP contribution in [0.15, 0.2) is 18.2 Å². The van der Waals surface area contributed by atoms with E-state index >= 15 is 0 Å². The first-order valence-electron chi connectivity index (χ1n) is 5.67. The number of hydrogen-bond acceptors (Lipinski definition) is 3. The second-order valence-electron chi connectivity index (χ2n) is 4.33. The third-order valence-corrected chi connectivity index (χ3v) is 3.40. The highest BCUT2D eigenvalue weighted by molar-refractivity contribution is 5.86. The van der Waals surface area contributed by atoms with E-state index in [0.29, 0.717) is 24.2 Å². The van der Waals surface area contributed by atoms with Crippen molar-refractivity contribution in [3.8, 4) is 5.75 Å². The summed E-state index contributed by atoms with van der Waals surface area (Å²) in [6.07, 6.45) is 0.903. The normalized spacial score (nSPS) is 22.1. The lowest BCUT2D eigenvalue weighted by atomic mass is 9.74. The SMILES string of the molecule is COc1cccc2c1[C@@H](C(=O)O)[C@@H](C(=O)O)CC2. The van der Waals surface area contributed by atoms with Gasteiger partial charge < -0.3 is 14.9 Å². The lowest BCUT2D eigenvalue weighted by Crippen LogP contribution is -2.32. The minimum atomic E-state index is -1.12. The monoisotopic (exact) mass is 250 g/mol. The number of carboxylic acids is 2. The summed E-state index contributed by atoms with van der Waals surface area (Å²) in [4.78, 5) is 22.6. The Morgan fingerprint density at radius 3 is 2.56 bits per heavy atom. The number of ether oxygens (including phenoxy) is 1. The Hall–Kier alpha value is -2.04. The van der Waals surface area contributed by atoms with Gasteiger partial charge in [-0.3, -0.25) is 9.59 Å². The molecule has 0 saturated carbocycles. The molecule has 0 saturated heterocycles. The molecule has 0 bridgehead atoms. The van der Waals surface area contributed by atoms with Crippen LogP contribution in [0, 0.1) is 5.92 Å². The van der Waals surface area contributed by atoms with E-state index in [2.05, 4.69) is 0 Å². The molecule has 0 spiro atoms. The zero-order chi connectivity index (χ0) is 13.3. The predicted molar refractivity (Wildman–Crippen MR) is 62.8 cm³/mol. The van der Waals surface area contributed by atoms with Crippen LogP contribution >= 0.6 is 0 Å². The molecule has 0 fully saturated rings. The Balaban J connectivity index is 2.57. The molecule has 0 aliphatic heterocycles. The first-order valence-corrected chi connectivity index (χ1v) is 5.67. The number of hydrogen-bond donors (Lipinski definition) is 2. The molecule has 0 aromatic heterocycles. The van der Waals surface area contributed by atoms with E-state index < -0.39 is 23.8 Å². The van der Waals surface area contributed by atoms with Crippen LogP contribution in [0.4, 0.5) is 0 Å². The molecule has 1 aromatic carbocycles. The number of carbonyl (C=O) groups is 2. The molecule has 0 amide bonds. The molecule has 1 aromatic rings. The highest BCUT2D eigenvalue weighted by atomic mass is 16.5. The average molecular weight is 250 g/mol. The number of methoxy groups -OCH3 is 1. The Kier molecular flexibility index (Phi) is 3.23. The van der Waals surface area contributed by atoms with Gasteiger partial charge >= 0.3 is 11.9 Å². The highest BCUT2D eigenvalue weighted by Crippen LogP contribution is 2.41. The van der Waals surface area contributed by atoms with Crippen LogP contribution in [0.1, 0.15) is 23.5 Å². The van der Waals surface area contributed by atoms with Crippen molar-refractivity contribution < 1.29 is 24.5 Å². The summed E-state index contributed by atoms with van der Waals surface area (Å²) in [5.41, 5.74) is 1.37. The number of aliphatic carboxylic acids is 2. The van der Waals surface area contributed by atoms with Crippen LogP contribution in [0.3, 0.4) is 0 Å². The van der Waals surface area contributed by atoms with E-state index in [1.54, 1.807) is 12.1 Å². The van der Waals surface area contributed by atoms with Crippen molar-refractivity contribution in [1.29, 1.82) is 0 Å². The largest absolute Gasteiger partial charge is 0.496 e. The molecule has 0 heterocycles. The number of benzene rings is 1. The van der Waals surface area contributed by atoms with Gasteiger partial charge in [-0.2, -0.15) is 0 Å². The fourth-order valence-electron chi connectivity index (χ4n) is 2.58. The van der Waals surface area contributed by atoms with E-state index in [-0.39, 0.29) is 0 Å². The summed E-state index contributed by atoms with van der Waals surface area (Å²) < 4.78 is 5.16. The van der Waals surface area contributed by atoms with Gasteiger partial charge in [-0.05, 0) is 24.5 Å². The van der Waals surface area contributed by atoms with Gasteiger partial charge in [0.2, 0.25) is 0 Å². The maximum atomic E-state index is 11.4. The van der Waals surface area contributed by atoms with Gasteiger partial charge in [-0.1, -0.05) is 12.1 Å². The summed E-state index contributed by atoms with van der Waals surface area (Å²) >= 11 is 0. The summed E-state index contributed by atoms with van der Waals surface area (Å²) in [6.45, 7) is 0. The van der Waals surface area contributed by atoms with E-state index in [9.17, 15) is 14.7 Å². The second kappa shape index (κ2) is 4.68. The Morgan fingerprint density at radius 1 is 1.28 bits per heavy atom. The lowest BCUT2D eigenvalue weighted by Gasteiger charge is -2.29. The summed E-state index contributed by atoms with van der Waals surface area (Å²) in [5, 5.41) is 18.4. The Labute approximate surface area is 104 Å². The molecule has 2 N–H and O–H groups in total. The van der Waals surface area contributed by atoms with E-state index in [1.807, 2.05) is 6.07 Å². The van der Waals surface area contributed by atoms with Crippen LogP contribution in [0.25, 0.3) is 0 Å². The smallest absolute Gasteiger partial charge is 0.312 e. The molecule has 1 aliphatic carbocycles. The van der Waals surface area contributed by atoms with Crippen molar-refractivity contribution >= 4 is 11.9 Å². The summed E-state index contributed by atoms with van der Waals surface area (Å²) in [7, 11) is 1.46. The fraction of sp³-hybridized carbons (Fsp3) is 0.385. The highest BCUT2D eigenvalue weighted by Gasteiger charge is 2.40. The zero-order valence-electron chi connectivity index (χ0n) is 9.92. The average Bonchev–Trinajstić information content (AvgIpc) is 2.36. The van der Waals surface area contributed by atoms with Crippen LogP contribution in [0.2, 0.25) is 0 Å². The molecule has 1 aliphatic rings. The van der Waals surface area contributed by atoms with Crippen molar-refractivity contribution in [1.82, 2.24) is 0 Å². The van der Waals surface area contributed by atoms with Crippen molar-refractivity contribution in [2.45, 2.75) is 18.8 Å². The van der Waals surface area contributed by atoms with Crippen LogP contribution in [-0.2, 0) is 16.0 Å². The summed E-state index contributed by atoms with van der Waals surface area (Å²) in [5.74, 6) is -3.67. The third-order valence-electron chi connectivity index (χ3n) is 3.40. The van der Waals surface area contributed by atoms with Crippen LogP contribution in [-0.4, -0.2) is 29.3 Å². The van der Waals surface area contributed by atoms with Crippen molar-refractivity contribution in [2.75, 3.05) is 7.11 Å². The molecule has 5 nitrogen and oxygen atoms in total. The van der Waals surface area contributed by atoms with Gasteiger partial charge in [-0.25, -0.2) is 0 Å². The quantitative estimate of drug-likeness (QED) is 0.849. The maximum absolute atomic E-state index is 11.4. The van der Waals surface area contributed by atoms with Crippen LogP contribution < -0.4 is 4.74 Å². The van der Waals surface area contributed by atoms with Gasteiger partial charge in [0.15, 0.2) is 0 Å². The third kappa shape index (κ3) is 1.92. The summed E-state index contributed by atoms with van der Waals surface area (Å²) in [6, 6.07) is 5.28. The van der Waals surface area contributed by atoms with Crippen molar-refractivity contribution in [3.63, 3.8) is 0 Å². The predicted octanol–water partition coefficient (Wildman–Crippen LogP) is 1.51. The van der Waals surface area contributed by atoms with E-state index in [0.717, 1.165) is 5.56 Å². The minimum absolute atomic E-state index is 0.340. The second-order valence-corrected chi connectivity index (χ2v) is 4.33. The molecular weight excluding hydrogens is 236 g/mol. The van der Waals surface area contributed by atoms with Gasteiger partial charge in [-0.15, -0.1) is 0 Å². The van der Waals surface area contributed by atoms with Gasteiger partial charge in [0.25, 0.3) is 0 Å². The number of carboxylic acid groups (broad SMARTS) is 2. The number of fused-ring (bicyclic) bond motifs is 1. The van der Waals surface area contributed by atoms with Gasteiger partial charge in [0.1, 0.15) is 5.75 Å². The molecule has 96 valence electrons. The van der Waals surface area contributed by atoms with Gasteiger partial charge in [0.05, 0.1) is 18.9 Å². The lowest BCUT2D eigenvalue weighted by molar-refractivity contribution is -0.150. The number of rotatable bonds is 3. The fourth-order valence-corrected chi connectivity index (χ4v) is 2.58. The van der Waals surface area contributed by atoms with Crippen LogP contribution in [0.5, 0.6) is 5.75 Å².